The summed E-state index contributed by atoms with van der Waals surface area (Å²) < 4.78 is 13.9. The molecule has 1 heterocycles. The summed E-state index contributed by atoms with van der Waals surface area (Å²) in [4.78, 5) is 13.4. The van der Waals surface area contributed by atoms with Gasteiger partial charge in [0, 0.05) is 16.7 Å². The maximum absolute atomic E-state index is 13.9. The summed E-state index contributed by atoms with van der Waals surface area (Å²) in [6.45, 7) is 0. The van der Waals surface area contributed by atoms with Gasteiger partial charge in [0.15, 0.2) is 0 Å². The van der Waals surface area contributed by atoms with Gasteiger partial charge in [0.1, 0.15) is 5.82 Å². The monoisotopic (exact) mass is 320 g/mol. The second kappa shape index (κ2) is 5.53. The van der Waals surface area contributed by atoms with Gasteiger partial charge in [-0.3, -0.25) is 4.79 Å². The minimum absolute atomic E-state index is 0.00342. The molecular formula is C17H21FN2OS. The zero-order valence-electron chi connectivity index (χ0n) is 12.4. The number of thioether (sulfide) groups is 1. The predicted molar refractivity (Wildman–Crippen MR) is 84.9 cm³/mol. The molecule has 0 spiro atoms. The maximum Gasteiger partial charge on any atom is 0.225 e. The normalized spacial score (nSPS) is 36.2. The lowest BCUT2D eigenvalue weighted by atomic mass is 9.84. The van der Waals surface area contributed by atoms with E-state index in [1.807, 2.05) is 6.07 Å². The van der Waals surface area contributed by atoms with Gasteiger partial charge in [-0.2, -0.15) is 0 Å². The molecule has 1 aliphatic heterocycles. The maximum atomic E-state index is 13.9. The van der Waals surface area contributed by atoms with Crippen molar-refractivity contribution in [3.8, 4) is 0 Å². The van der Waals surface area contributed by atoms with Crippen molar-refractivity contribution >= 4 is 17.7 Å². The number of hydrogen-bond donors (Lipinski definition) is 2. The van der Waals surface area contributed by atoms with Gasteiger partial charge in [-0.05, 0) is 49.1 Å². The van der Waals surface area contributed by atoms with E-state index in [2.05, 4.69) is 5.32 Å². The highest BCUT2D eigenvalue weighted by atomic mass is 32.2. The Hall–Kier alpha value is -1.07. The molecule has 2 fully saturated rings. The number of rotatable bonds is 2. The fourth-order valence-electron chi connectivity index (χ4n) is 4.53. The smallest absolute Gasteiger partial charge is 0.225 e. The Bertz CT molecular complexity index is 606. The van der Waals surface area contributed by atoms with E-state index in [1.54, 1.807) is 17.8 Å². The van der Waals surface area contributed by atoms with Crippen molar-refractivity contribution in [3.63, 3.8) is 0 Å². The molecular weight excluding hydrogens is 299 g/mol. The fourth-order valence-corrected chi connectivity index (χ4v) is 5.67. The van der Waals surface area contributed by atoms with Crippen molar-refractivity contribution in [2.45, 2.75) is 42.7 Å². The van der Waals surface area contributed by atoms with Crippen LogP contribution in [-0.4, -0.2) is 17.7 Å². The van der Waals surface area contributed by atoms with Crippen LogP contribution in [-0.2, 0) is 4.79 Å². The lowest BCUT2D eigenvalue weighted by Gasteiger charge is -2.31. The predicted octanol–water partition coefficient (Wildman–Crippen LogP) is 2.85. The molecule has 22 heavy (non-hydrogen) atoms. The first kappa shape index (κ1) is 14.5. The van der Waals surface area contributed by atoms with Crippen LogP contribution in [0.1, 0.15) is 37.3 Å². The highest BCUT2D eigenvalue weighted by Gasteiger charge is 2.49. The Kier molecular flexibility index (Phi) is 3.65. The van der Waals surface area contributed by atoms with Gasteiger partial charge in [0.25, 0.3) is 0 Å². The van der Waals surface area contributed by atoms with Gasteiger partial charge in [0.05, 0.1) is 12.0 Å². The molecule has 1 aromatic carbocycles. The third-order valence-electron chi connectivity index (χ3n) is 5.63. The summed E-state index contributed by atoms with van der Waals surface area (Å²) in [6, 6.07) is 5.06. The summed E-state index contributed by atoms with van der Waals surface area (Å²) >= 11 is 1.54. The second-order valence-corrected chi connectivity index (χ2v) is 7.90. The molecule has 0 saturated heterocycles. The highest BCUT2D eigenvalue weighted by Crippen LogP contribution is 2.48. The first-order valence-corrected chi connectivity index (χ1v) is 9.11. The van der Waals surface area contributed by atoms with Crippen molar-refractivity contribution in [1.82, 2.24) is 5.32 Å². The van der Waals surface area contributed by atoms with Crippen LogP contribution < -0.4 is 11.1 Å². The molecule has 0 radical (unpaired) electrons. The van der Waals surface area contributed by atoms with E-state index in [0.717, 1.165) is 30.6 Å². The number of nitrogens with one attached hydrogen (secondary N) is 1. The Morgan fingerprint density at radius 3 is 2.86 bits per heavy atom. The Morgan fingerprint density at radius 1 is 1.27 bits per heavy atom. The molecule has 1 amide bonds. The number of nitrogens with two attached hydrogens (primary N) is 1. The molecule has 2 bridgehead atoms. The van der Waals surface area contributed by atoms with Crippen LogP contribution in [0.25, 0.3) is 0 Å². The fraction of sp³-hybridized carbons (Fsp3) is 0.588. The lowest BCUT2D eigenvalue weighted by molar-refractivity contribution is -0.127. The molecule has 5 unspecified atom stereocenters. The molecule has 2 saturated carbocycles. The van der Waals surface area contributed by atoms with Crippen molar-refractivity contribution in [2.75, 3.05) is 5.75 Å². The molecule has 5 atom stereocenters. The molecule has 1 aromatic rings. The number of carbonyl (C=O) groups is 1. The van der Waals surface area contributed by atoms with Crippen LogP contribution in [0.4, 0.5) is 4.39 Å². The van der Waals surface area contributed by atoms with Crippen LogP contribution in [0.5, 0.6) is 0 Å². The summed E-state index contributed by atoms with van der Waals surface area (Å²) in [5, 5.41) is 3.16. The van der Waals surface area contributed by atoms with Crippen LogP contribution in [0, 0.1) is 23.6 Å². The third-order valence-corrected chi connectivity index (χ3v) is 6.78. The standard InChI is InChI=1S/C17H21FN2OS/c18-12-3-1-2-11-13(6-7-22-16(11)12)20-17(21)14-9-4-5-10(8-9)15(14)19/h1-3,9-10,13-15H,4-8,19H2,(H,20,21). The SMILES string of the molecule is NC1C2CCC(C2)C1C(=O)NC1CCSc2c(F)cccc21. The van der Waals surface area contributed by atoms with E-state index >= 15 is 0 Å². The number of benzene rings is 1. The van der Waals surface area contributed by atoms with Gasteiger partial charge >= 0.3 is 0 Å². The zero-order chi connectivity index (χ0) is 15.3. The summed E-state index contributed by atoms with van der Waals surface area (Å²) in [5.41, 5.74) is 7.18. The minimum Gasteiger partial charge on any atom is -0.349 e. The van der Waals surface area contributed by atoms with Gasteiger partial charge in [0.2, 0.25) is 5.91 Å². The highest BCUT2D eigenvalue weighted by molar-refractivity contribution is 7.99. The van der Waals surface area contributed by atoms with Gasteiger partial charge < -0.3 is 11.1 Å². The van der Waals surface area contributed by atoms with Crippen molar-refractivity contribution in [2.24, 2.45) is 23.5 Å². The quantitative estimate of drug-likeness (QED) is 0.881. The molecule has 0 aromatic heterocycles. The van der Waals surface area contributed by atoms with Crippen molar-refractivity contribution < 1.29 is 9.18 Å². The lowest BCUT2D eigenvalue weighted by Crippen LogP contribution is -2.46. The Balaban J connectivity index is 1.53. The molecule has 2 aliphatic carbocycles. The summed E-state index contributed by atoms with van der Waals surface area (Å²) in [5.74, 6) is 1.65. The second-order valence-electron chi connectivity index (χ2n) is 6.79. The van der Waals surface area contributed by atoms with Crippen molar-refractivity contribution in [1.29, 1.82) is 0 Å². The van der Waals surface area contributed by atoms with Crippen LogP contribution in [0.3, 0.4) is 0 Å². The van der Waals surface area contributed by atoms with E-state index in [0.29, 0.717) is 16.7 Å². The Labute approximate surface area is 134 Å². The van der Waals surface area contributed by atoms with E-state index in [-0.39, 0.29) is 29.7 Å². The molecule has 3 aliphatic rings. The van der Waals surface area contributed by atoms with E-state index < -0.39 is 0 Å². The molecule has 118 valence electrons. The largest absolute Gasteiger partial charge is 0.349 e. The molecule has 3 nitrogen and oxygen atoms in total. The van der Waals surface area contributed by atoms with Crippen LogP contribution >= 0.6 is 11.8 Å². The number of amides is 1. The third kappa shape index (κ3) is 2.26. The number of hydrogen-bond acceptors (Lipinski definition) is 3. The number of halogens is 1. The first-order valence-electron chi connectivity index (χ1n) is 8.12. The van der Waals surface area contributed by atoms with Crippen molar-refractivity contribution in [3.05, 3.63) is 29.6 Å². The molecule has 5 heteroatoms. The topological polar surface area (TPSA) is 55.1 Å². The van der Waals surface area contributed by atoms with Gasteiger partial charge in [-0.25, -0.2) is 4.39 Å². The molecule has 4 rings (SSSR count). The first-order chi connectivity index (χ1) is 10.6. The van der Waals surface area contributed by atoms with Crippen LogP contribution in [0.15, 0.2) is 23.1 Å². The van der Waals surface area contributed by atoms with Gasteiger partial charge in [-0.15, -0.1) is 11.8 Å². The summed E-state index contributed by atoms with van der Waals surface area (Å²) in [6.07, 6.45) is 4.25. The Morgan fingerprint density at radius 2 is 2.09 bits per heavy atom. The van der Waals surface area contributed by atoms with E-state index in [4.69, 9.17) is 5.73 Å². The van der Waals surface area contributed by atoms with Crippen LogP contribution in [0.2, 0.25) is 0 Å². The summed E-state index contributed by atoms with van der Waals surface area (Å²) in [7, 11) is 0. The van der Waals surface area contributed by atoms with Gasteiger partial charge in [-0.1, -0.05) is 12.1 Å². The van der Waals surface area contributed by atoms with E-state index in [1.165, 1.54) is 12.5 Å². The minimum atomic E-state index is -0.182. The number of fused-ring (bicyclic) bond motifs is 3. The van der Waals surface area contributed by atoms with E-state index in [9.17, 15) is 9.18 Å². The number of carbonyl (C=O) groups excluding carboxylic acids is 1. The average Bonchev–Trinajstić information content (AvgIpc) is 3.09. The molecule has 3 N–H and O–H groups in total. The zero-order valence-corrected chi connectivity index (χ0v) is 13.2. The average molecular weight is 320 g/mol.